The number of sulfonamides is 1. The summed E-state index contributed by atoms with van der Waals surface area (Å²) in [6.45, 7) is 0.449. The second kappa shape index (κ2) is 8.51. The minimum atomic E-state index is -3.58. The molecule has 1 aliphatic carbocycles. The van der Waals surface area contributed by atoms with Crippen molar-refractivity contribution in [1.29, 1.82) is 0 Å². The van der Waals surface area contributed by atoms with E-state index in [2.05, 4.69) is 16.2 Å². The maximum atomic E-state index is 12.6. The first-order valence-electron chi connectivity index (χ1n) is 10.6. The Morgan fingerprint density at radius 1 is 0.969 bits per heavy atom. The van der Waals surface area contributed by atoms with E-state index in [-0.39, 0.29) is 10.5 Å². The monoisotopic (exact) mass is 463 g/mol. The Bertz CT molecular complexity index is 1040. The van der Waals surface area contributed by atoms with Gasteiger partial charge in [0.15, 0.2) is 0 Å². The first kappa shape index (κ1) is 22.2. The van der Waals surface area contributed by atoms with Crippen LogP contribution in [0.4, 0.5) is 4.79 Å². The molecular formula is C20H25N5O6S. The number of rotatable bonds is 5. The smallest absolute Gasteiger partial charge is 0.323 e. The Morgan fingerprint density at radius 3 is 2.22 bits per heavy atom. The van der Waals surface area contributed by atoms with Gasteiger partial charge < -0.3 is 5.32 Å². The van der Waals surface area contributed by atoms with E-state index in [0.717, 1.165) is 30.6 Å². The molecule has 0 aromatic heterocycles. The van der Waals surface area contributed by atoms with Crippen molar-refractivity contribution in [1.82, 2.24) is 25.4 Å². The van der Waals surface area contributed by atoms with Crippen molar-refractivity contribution in [2.45, 2.75) is 49.0 Å². The molecule has 5 amide bonds. The molecule has 2 aliphatic heterocycles. The van der Waals surface area contributed by atoms with Crippen molar-refractivity contribution in [3.05, 3.63) is 29.8 Å². The number of nitrogens with one attached hydrogen (secondary N) is 3. The van der Waals surface area contributed by atoms with Crippen LogP contribution in [0.3, 0.4) is 0 Å². The summed E-state index contributed by atoms with van der Waals surface area (Å²) >= 11 is 0. The topological polar surface area (TPSA) is 145 Å². The molecule has 2 saturated heterocycles. The number of hydrogen-bond donors (Lipinski definition) is 3. The van der Waals surface area contributed by atoms with Gasteiger partial charge in [-0.25, -0.2) is 13.2 Å². The number of hydrazine groups is 1. The van der Waals surface area contributed by atoms with Gasteiger partial charge in [-0.05, 0) is 49.9 Å². The molecule has 1 saturated carbocycles. The zero-order valence-electron chi connectivity index (χ0n) is 17.4. The Morgan fingerprint density at radius 2 is 1.59 bits per heavy atom. The Kier molecular flexibility index (Phi) is 5.91. The molecular weight excluding hydrogens is 438 g/mol. The van der Waals surface area contributed by atoms with Crippen molar-refractivity contribution < 1.29 is 27.6 Å². The molecule has 3 aliphatic rings. The highest BCUT2D eigenvalue weighted by Gasteiger charge is 2.52. The van der Waals surface area contributed by atoms with Crippen LogP contribution in [0.5, 0.6) is 0 Å². The molecule has 3 fully saturated rings. The first-order chi connectivity index (χ1) is 15.2. The minimum absolute atomic E-state index is 0.0967. The van der Waals surface area contributed by atoms with Gasteiger partial charge in [-0.1, -0.05) is 12.8 Å². The van der Waals surface area contributed by atoms with Crippen molar-refractivity contribution in [2.75, 3.05) is 19.6 Å². The summed E-state index contributed by atoms with van der Waals surface area (Å²) in [6.07, 6.45) is 4.42. The van der Waals surface area contributed by atoms with Crippen LogP contribution in [0.15, 0.2) is 29.2 Å². The highest BCUT2D eigenvalue weighted by molar-refractivity contribution is 7.89. The maximum Gasteiger partial charge on any atom is 0.325 e. The lowest BCUT2D eigenvalue weighted by Crippen LogP contribution is -2.48. The van der Waals surface area contributed by atoms with Gasteiger partial charge in [0, 0.05) is 18.7 Å². The molecule has 0 radical (unpaired) electrons. The third-order valence-corrected chi connectivity index (χ3v) is 8.05. The maximum absolute atomic E-state index is 12.6. The number of carbonyl (C=O) groups is 4. The van der Waals surface area contributed by atoms with Gasteiger partial charge in [-0.15, -0.1) is 0 Å². The molecule has 12 heteroatoms. The summed E-state index contributed by atoms with van der Waals surface area (Å²) in [5.74, 6) is -1.81. The van der Waals surface area contributed by atoms with E-state index in [4.69, 9.17) is 0 Å². The molecule has 1 aromatic carbocycles. The second-order valence-corrected chi connectivity index (χ2v) is 10.2. The average molecular weight is 464 g/mol. The molecule has 0 unspecified atom stereocenters. The van der Waals surface area contributed by atoms with Gasteiger partial charge >= 0.3 is 6.03 Å². The molecule has 3 N–H and O–H groups in total. The SMILES string of the molecule is O=C(CN1C(=O)NC2(CCCC2)C1=O)NNC(=O)c1ccc(S(=O)(=O)N2CCCC2)cc1. The Hall–Kier alpha value is -2.99. The fraction of sp³-hybridized carbons (Fsp3) is 0.500. The van der Waals surface area contributed by atoms with E-state index in [1.165, 1.54) is 28.6 Å². The average Bonchev–Trinajstić information content (AvgIpc) is 3.52. The van der Waals surface area contributed by atoms with Gasteiger partial charge in [0.05, 0.1) is 4.90 Å². The molecule has 0 atom stereocenters. The number of carbonyl (C=O) groups excluding carboxylic acids is 4. The molecule has 11 nitrogen and oxygen atoms in total. The van der Waals surface area contributed by atoms with Crippen LogP contribution in [0.2, 0.25) is 0 Å². The molecule has 172 valence electrons. The lowest BCUT2D eigenvalue weighted by atomic mass is 9.98. The zero-order chi connectivity index (χ0) is 22.9. The normalized spacial score (nSPS) is 20.6. The Labute approximate surface area is 185 Å². The van der Waals surface area contributed by atoms with Crippen molar-refractivity contribution >= 4 is 33.8 Å². The lowest BCUT2D eigenvalue weighted by Gasteiger charge is -2.19. The van der Waals surface area contributed by atoms with E-state index in [1.807, 2.05) is 0 Å². The van der Waals surface area contributed by atoms with E-state index < -0.39 is 45.9 Å². The van der Waals surface area contributed by atoms with Crippen LogP contribution in [0.1, 0.15) is 48.9 Å². The van der Waals surface area contributed by atoms with E-state index >= 15 is 0 Å². The van der Waals surface area contributed by atoms with Gasteiger partial charge in [-0.3, -0.25) is 30.1 Å². The quantitative estimate of drug-likeness (QED) is 0.417. The van der Waals surface area contributed by atoms with Crippen LogP contribution in [0.25, 0.3) is 0 Å². The van der Waals surface area contributed by atoms with Gasteiger partial charge in [-0.2, -0.15) is 4.31 Å². The predicted octanol–water partition coefficient (Wildman–Crippen LogP) is 0.0967. The fourth-order valence-corrected chi connectivity index (χ4v) is 5.89. The number of hydrogen-bond acceptors (Lipinski definition) is 6. The molecule has 32 heavy (non-hydrogen) atoms. The number of imide groups is 1. The van der Waals surface area contributed by atoms with Gasteiger partial charge in [0.25, 0.3) is 17.7 Å². The van der Waals surface area contributed by atoms with Crippen LogP contribution >= 0.6 is 0 Å². The van der Waals surface area contributed by atoms with Crippen LogP contribution in [-0.2, 0) is 19.6 Å². The van der Waals surface area contributed by atoms with Crippen molar-refractivity contribution in [3.63, 3.8) is 0 Å². The van der Waals surface area contributed by atoms with Gasteiger partial charge in [0.2, 0.25) is 10.0 Å². The molecule has 4 rings (SSSR count). The number of benzene rings is 1. The van der Waals surface area contributed by atoms with Crippen LogP contribution in [0, 0.1) is 0 Å². The number of urea groups is 1. The largest absolute Gasteiger partial charge is 0.325 e. The zero-order valence-corrected chi connectivity index (χ0v) is 18.2. The second-order valence-electron chi connectivity index (χ2n) is 8.25. The van der Waals surface area contributed by atoms with Crippen molar-refractivity contribution in [2.24, 2.45) is 0 Å². The summed E-state index contributed by atoms with van der Waals surface area (Å²) in [7, 11) is -3.58. The third kappa shape index (κ3) is 4.07. The summed E-state index contributed by atoms with van der Waals surface area (Å²) < 4.78 is 26.5. The van der Waals surface area contributed by atoms with Gasteiger partial charge in [0.1, 0.15) is 12.1 Å². The van der Waals surface area contributed by atoms with E-state index in [1.54, 1.807) is 0 Å². The van der Waals surface area contributed by atoms with E-state index in [0.29, 0.717) is 25.9 Å². The van der Waals surface area contributed by atoms with Crippen LogP contribution < -0.4 is 16.2 Å². The highest BCUT2D eigenvalue weighted by Crippen LogP contribution is 2.34. The number of nitrogens with zero attached hydrogens (tertiary/aromatic N) is 2. The van der Waals surface area contributed by atoms with Crippen LogP contribution in [-0.4, -0.2) is 66.5 Å². The molecule has 0 bridgehead atoms. The summed E-state index contributed by atoms with van der Waals surface area (Å²) in [5, 5.41) is 2.68. The summed E-state index contributed by atoms with van der Waals surface area (Å²) in [4.78, 5) is 50.1. The molecule has 1 aromatic rings. The molecule has 1 spiro atoms. The fourth-order valence-electron chi connectivity index (χ4n) is 4.37. The van der Waals surface area contributed by atoms with E-state index in [9.17, 15) is 27.6 Å². The molecule has 2 heterocycles. The van der Waals surface area contributed by atoms with Crippen molar-refractivity contribution in [3.8, 4) is 0 Å². The first-order valence-corrected chi connectivity index (χ1v) is 12.0. The number of amides is 5. The Balaban J connectivity index is 1.31. The summed E-state index contributed by atoms with van der Waals surface area (Å²) in [6, 6.07) is 4.78. The standard InChI is InChI=1S/C20H25N5O6S/c26-16(13-25-18(28)20(21-19(25)29)9-1-2-10-20)22-23-17(27)14-5-7-15(8-6-14)32(30,31)24-11-3-4-12-24/h5-8H,1-4,9-13H2,(H,21,29)(H,22,26)(H,23,27). The predicted molar refractivity (Wildman–Crippen MR) is 111 cm³/mol. The highest BCUT2D eigenvalue weighted by atomic mass is 32.2. The third-order valence-electron chi connectivity index (χ3n) is 6.14. The minimum Gasteiger partial charge on any atom is -0.323 e. The summed E-state index contributed by atoms with van der Waals surface area (Å²) in [5.41, 5.74) is 3.63. The lowest BCUT2D eigenvalue weighted by molar-refractivity contribution is -0.135.